The molecule has 0 bridgehead atoms. The molecule has 0 fully saturated rings. The number of aromatic amines is 1. The van der Waals surface area contributed by atoms with E-state index >= 15 is 0 Å². The van der Waals surface area contributed by atoms with E-state index in [9.17, 15) is 0 Å². The number of guanidine groups is 1. The number of hydrogen-bond donors (Lipinski definition) is 3. The predicted molar refractivity (Wildman–Crippen MR) is 74.8 cm³/mol. The molecule has 96 valence electrons. The minimum atomic E-state index is 0.819. The highest BCUT2D eigenvalue weighted by Crippen LogP contribution is 2.10. The Balaban J connectivity index is 1.83. The summed E-state index contributed by atoms with van der Waals surface area (Å²) in [6.45, 7) is 0.880. The molecule has 0 saturated carbocycles. The maximum atomic E-state index is 4.54. The Morgan fingerprint density at radius 3 is 2.94 bits per heavy atom. The van der Waals surface area contributed by atoms with Gasteiger partial charge in [0.25, 0.3) is 0 Å². The van der Waals surface area contributed by atoms with E-state index in [0.717, 1.165) is 42.2 Å². The van der Waals surface area contributed by atoms with E-state index < -0.39 is 0 Å². The van der Waals surface area contributed by atoms with Crippen LogP contribution in [0.25, 0.3) is 11.0 Å². The Morgan fingerprint density at radius 1 is 1.39 bits per heavy atom. The van der Waals surface area contributed by atoms with Gasteiger partial charge in [-0.2, -0.15) is 0 Å². The maximum Gasteiger partial charge on any atom is 0.190 e. The van der Waals surface area contributed by atoms with Gasteiger partial charge in [0.2, 0.25) is 0 Å². The molecule has 0 unspecified atom stereocenters. The highest BCUT2D eigenvalue weighted by Gasteiger charge is 2.01. The number of para-hydroxylation sites is 2. The summed E-state index contributed by atoms with van der Waals surface area (Å²) < 4.78 is 0. The van der Waals surface area contributed by atoms with Crippen LogP contribution in [0.4, 0.5) is 0 Å². The number of nitrogens with one attached hydrogen (secondary N) is 3. The van der Waals surface area contributed by atoms with E-state index in [1.54, 1.807) is 7.05 Å². The largest absolute Gasteiger partial charge is 0.359 e. The molecule has 1 aromatic heterocycles. The van der Waals surface area contributed by atoms with Gasteiger partial charge in [-0.3, -0.25) is 4.99 Å². The fraction of sp³-hybridized carbons (Fsp3) is 0.385. The van der Waals surface area contributed by atoms with Crippen LogP contribution in [-0.2, 0) is 6.42 Å². The van der Waals surface area contributed by atoms with Crippen LogP contribution >= 0.6 is 0 Å². The van der Waals surface area contributed by atoms with Crippen molar-refractivity contribution in [1.29, 1.82) is 0 Å². The van der Waals surface area contributed by atoms with Crippen LogP contribution < -0.4 is 10.6 Å². The third-order valence-electron chi connectivity index (χ3n) is 2.78. The summed E-state index contributed by atoms with van der Waals surface area (Å²) in [5.41, 5.74) is 2.14. The summed E-state index contributed by atoms with van der Waals surface area (Å²) >= 11 is 0. The summed E-state index contributed by atoms with van der Waals surface area (Å²) in [5.74, 6) is 1.86. The standard InChI is InChI=1S/C13H19N5/c1-14-13(15-2)16-9-5-8-12-17-10-6-3-4-7-11(10)18-12/h3-4,6-7H,5,8-9H2,1-2H3,(H,17,18)(H2,14,15,16). The molecule has 0 spiro atoms. The molecular weight excluding hydrogens is 226 g/mol. The second-order valence-electron chi connectivity index (χ2n) is 4.05. The van der Waals surface area contributed by atoms with Gasteiger partial charge in [-0.15, -0.1) is 0 Å². The summed E-state index contributed by atoms with van der Waals surface area (Å²) in [5, 5.41) is 6.21. The van der Waals surface area contributed by atoms with Crippen molar-refractivity contribution in [3.8, 4) is 0 Å². The van der Waals surface area contributed by atoms with Crippen molar-refractivity contribution in [1.82, 2.24) is 20.6 Å². The number of benzene rings is 1. The summed E-state index contributed by atoms with van der Waals surface area (Å²) in [6.07, 6.45) is 1.95. The lowest BCUT2D eigenvalue weighted by molar-refractivity contribution is 0.738. The van der Waals surface area contributed by atoms with E-state index in [-0.39, 0.29) is 0 Å². The molecule has 0 aliphatic rings. The van der Waals surface area contributed by atoms with E-state index in [1.807, 2.05) is 31.3 Å². The van der Waals surface area contributed by atoms with Crippen molar-refractivity contribution < 1.29 is 0 Å². The SMILES string of the molecule is CN=C(NC)NCCCc1nc2ccccc2[nH]1. The normalized spacial score (nSPS) is 11.8. The molecule has 0 saturated heterocycles. The zero-order valence-electron chi connectivity index (χ0n) is 10.8. The van der Waals surface area contributed by atoms with Crippen LogP contribution in [0.3, 0.4) is 0 Å². The number of rotatable bonds is 4. The molecule has 0 amide bonds. The van der Waals surface area contributed by atoms with Gasteiger partial charge in [0, 0.05) is 27.1 Å². The molecular formula is C13H19N5. The zero-order valence-corrected chi connectivity index (χ0v) is 10.8. The number of nitrogens with zero attached hydrogens (tertiary/aromatic N) is 2. The minimum absolute atomic E-state index is 0.819. The third-order valence-corrected chi connectivity index (χ3v) is 2.78. The second kappa shape index (κ2) is 6.05. The second-order valence-corrected chi connectivity index (χ2v) is 4.05. The number of imidazole rings is 1. The lowest BCUT2D eigenvalue weighted by atomic mass is 10.3. The topological polar surface area (TPSA) is 65.1 Å². The Labute approximate surface area is 107 Å². The summed E-state index contributed by atoms with van der Waals surface area (Å²) in [4.78, 5) is 11.9. The van der Waals surface area contributed by atoms with E-state index in [0.29, 0.717) is 0 Å². The molecule has 0 aliphatic heterocycles. The van der Waals surface area contributed by atoms with Gasteiger partial charge >= 0.3 is 0 Å². The molecule has 18 heavy (non-hydrogen) atoms. The fourth-order valence-electron chi connectivity index (χ4n) is 1.87. The molecule has 0 aliphatic carbocycles. The molecule has 2 aromatic rings. The van der Waals surface area contributed by atoms with Crippen LogP contribution in [-0.4, -0.2) is 36.6 Å². The van der Waals surface area contributed by atoms with Crippen LogP contribution in [0.5, 0.6) is 0 Å². The van der Waals surface area contributed by atoms with E-state index in [1.165, 1.54) is 0 Å². The first kappa shape index (κ1) is 12.4. The van der Waals surface area contributed by atoms with Crippen molar-refractivity contribution in [2.75, 3.05) is 20.6 Å². The highest BCUT2D eigenvalue weighted by atomic mass is 15.1. The smallest absolute Gasteiger partial charge is 0.190 e. The molecule has 0 radical (unpaired) electrons. The maximum absolute atomic E-state index is 4.54. The van der Waals surface area contributed by atoms with Crippen molar-refractivity contribution in [2.45, 2.75) is 12.8 Å². The average molecular weight is 245 g/mol. The fourth-order valence-corrected chi connectivity index (χ4v) is 1.87. The number of aryl methyl sites for hydroxylation is 1. The summed E-state index contributed by atoms with van der Waals surface area (Å²) in [6, 6.07) is 8.09. The number of fused-ring (bicyclic) bond motifs is 1. The number of aromatic nitrogens is 2. The Kier molecular flexibility index (Phi) is 4.17. The first-order chi connectivity index (χ1) is 8.83. The number of H-pyrrole nitrogens is 1. The van der Waals surface area contributed by atoms with E-state index in [4.69, 9.17) is 0 Å². The molecule has 3 N–H and O–H groups in total. The Morgan fingerprint density at radius 2 is 2.22 bits per heavy atom. The lowest BCUT2D eigenvalue weighted by Crippen LogP contribution is -2.35. The molecule has 0 atom stereocenters. The van der Waals surface area contributed by atoms with Gasteiger partial charge < -0.3 is 15.6 Å². The molecule has 2 rings (SSSR count). The van der Waals surface area contributed by atoms with Crippen molar-refractivity contribution >= 4 is 17.0 Å². The van der Waals surface area contributed by atoms with Gasteiger partial charge in [0.1, 0.15) is 5.82 Å². The van der Waals surface area contributed by atoms with Crippen molar-refractivity contribution in [2.24, 2.45) is 4.99 Å². The predicted octanol–water partition coefficient (Wildman–Crippen LogP) is 1.29. The number of aliphatic imine (C=N–C) groups is 1. The highest BCUT2D eigenvalue weighted by molar-refractivity contribution is 5.79. The molecule has 1 heterocycles. The van der Waals surface area contributed by atoms with Gasteiger partial charge in [-0.25, -0.2) is 4.98 Å². The third kappa shape index (κ3) is 3.00. The number of hydrogen-bond acceptors (Lipinski definition) is 2. The van der Waals surface area contributed by atoms with E-state index in [2.05, 4.69) is 25.6 Å². The minimum Gasteiger partial charge on any atom is -0.359 e. The lowest BCUT2D eigenvalue weighted by Gasteiger charge is -2.07. The first-order valence-corrected chi connectivity index (χ1v) is 6.15. The van der Waals surface area contributed by atoms with Crippen LogP contribution in [0.15, 0.2) is 29.3 Å². The van der Waals surface area contributed by atoms with Crippen LogP contribution in [0.2, 0.25) is 0 Å². The van der Waals surface area contributed by atoms with Crippen LogP contribution in [0, 0.1) is 0 Å². The quantitative estimate of drug-likeness (QED) is 0.432. The van der Waals surface area contributed by atoms with Gasteiger partial charge in [0.15, 0.2) is 5.96 Å². The van der Waals surface area contributed by atoms with Crippen LogP contribution in [0.1, 0.15) is 12.2 Å². The first-order valence-electron chi connectivity index (χ1n) is 6.15. The Bertz CT molecular complexity index is 496. The van der Waals surface area contributed by atoms with Crippen molar-refractivity contribution in [3.05, 3.63) is 30.1 Å². The molecule has 5 heteroatoms. The molecule has 5 nitrogen and oxygen atoms in total. The van der Waals surface area contributed by atoms with Gasteiger partial charge in [0.05, 0.1) is 11.0 Å². The van der Waals surface area contributed by atoms with Gasteiger partial charge in [-0.05, 0) is 18.6 Å². The Hall–Kier alpha value is -2.04. The summed E-state index contributed by atoms with van der Waals surface area (Å²) in [7, 11) is 3.62. The average Bonchev–Trinajstić information content (AvgIpc) is 2.81. The molecule has 1 aromatic carbocycles. The zero-order chi connectivity index (χ0) is 12.8. The van der Waals surface area contributed by atoms with Crippen molar-refractivity contribution in [3.63, 3.8) is 0 Å². The monoisotopic (exact) mass is 245 g/mol. The van der Waals surface area contributed by atoms with Gasteiger partial charge in [-0.1, -0.05) is 12.1 Å².